The van der Waals surface area contributed by atoms with Gasteiger partial charge in [0.2, 0.25) is 0 Å². The first-order valence-electron chi connectivity index (χ1n) is 7.57. The molecule has 130 valence electrons. The predicted molar refractivity (Wildman–Crippen MR) is 91.1 cm³/mol. The van der Waals surface area contributed by atoms with E-state index >= 15 is 0 Å². The molecule has 0 fully saturated rings. The van der Waals surface area contributed by atoms with Gasteiger partial charge >= 0.3 is 6.18 Å². The molecule has 0 unspecified atom stereocenters. The van der Waals surface area contributed by atoms with E-state index in [0.717, 1.165) is 12.1 Å². The highest BCUT2D eigenvalue weighted by Crippen LogP contribution is 2.34. The molecule has 24 heavy (non-hydrogen) atoms. The minimum absolute atomic E-state index is 0.0240. The second-order valence-electron chi connectivity index (χ2n) is 6.80. The first kappa shape index (κ1) is 18.5. The number of hydrogen-bond donors (Lipinski definition) is 1. The van der Waals surface area contributed by atoms with Gasteiger partial charge in [0.05, 0.1) is 10.4 Å². The summed E-state index contributed by atoms with van der Waals surface area (Å²) in [7, 11) is 0. The molecule has 1 heterocycles. The third-order valence-corrected chi connectivity index (χ3v) is 5.08. The van der Waals surface area contributed by atoms with E-state index in [1.54, 1.807) is 18.2 Å². The summed E-state index contributed by atoms with van der Waals surface area (Å²) < 4.78 is 38.4. The van der Waals surface area contributed by atoms with Crippen LogP contribution in [0.25, 0.3) is 10.4 Å². The molecule has 0 aliphatic carbocycles. The van der Waals surface area contributed by atoms with Crippen LogP contribution in [0, 0.1) is 5.41 Å². The molecule has 0 spiro atoms. The molecule has 2 aromatic rings. The molecule has 0 bridgehead atoms. The van der Waals surface area contributed by atoms with E-state index in [4.69, 9.17) is 0 Å². The maximum atomic E-state index is 12.8. The maximum Gasteiger partial charge on any atom is 0.416 e. The molecular formula is C18H20F3NOS. The number of rotatable bonds is 3. The van der Waals surface area contributed by atoms with Crippen LogP contribution in [-0.4, -0.2) is 11.9 Å². The monoisotopic (exact) mass is 355 g/mol. The Kier molecular flexibility index (Phi) is 5.08. The van der Waals surface area contributed by atoms with Crippen molar-refractivity contribution in [2.75, 3.05) is 0 Å². The molecule has 2 nitrogen and oxygen atoms in total. The Morgan fingerprint density at radius 2 is 1.79 bits per heavy atom. The van der Waals surface area contributed by atoms with Gasteiger partial charge < -0.3 is 5.32 Å². The summed E-state index contributed by atoms with van der Waals surface area (Å²) >= 11 is 1.19. The SMILES string of the molecule is C[C@H](NC(=O)c1ccc(-c2cccc(C(F)(F)F)c2)s1)C(C)(C)C. The summed E-state index contributed by atoms with van der Waals surface area (Å²) in [6.07, 6.45) is -4.38. The first-order chi connectivity index (χ1) is 11.0. The minimum Gasteiger partial charge on any atom is -0.348 e. The van der Waals surface area contributed by atoms with E-state index in [2.05, 4.69) is 5.32 Å². The van der Waals surface area contributed by atoms with Gasteiger partial charge in [0.1, 0.15) is 0 Å². The number of hydrogen-bond acceptors (Lipinski definition) is 2. The molecule has 1 aromatic carbocycles. The van der Waals surface area contributed by atoms with Crippen LogP contribution < -0.4 is 5.32 Å². The Hall–Kier alpha value is -1.82. The number of carbonyl (C=O) groups is 1. The highest BCUT2D eigenvalue weighted by atomic mass is 32.1. The lowest BCUT2D eigenvalue weighted by Gasteiger charge is -2.27. The maximum absolute atomic E-state index is 12.8. The van der Waals surface area contributed by atoms with Crippen molar-refractivity contribution >= 4 is 17.2 Å². The van der Waals surface area contributed by atoms with E-state index < -0.39 is 11.7 Å². The molecule has 0 saturated carbocycles. The quantitative estimate of drug-likeness (QED) is 0.763. The van der Waals surface area contributed by atoms with Gasteiger partial charge in [-0.15, -0.1) is 11.3 Å². The van der Waals surface area contributed by atoms with E-state index in [9.17, 15) is 18.0 Å². The summed E-state index contributed by atoms with van der Waals surface area (Å²) in [5.41, 5.74) is -0.310. The minimum atomic E-state index is -4.38. The van der Waals surface area contributed by atoms with Crippen LogP contribution in [0.15, 0.2) is 36.4 Å². The van der Waals surface area contributed by atoms with Crippen molar-refractivity contribution in [2.45, 2.75) is 39.9 Å². The molecule has 0 aliphatic rings. The van der Waals surface area contributed by atoms with Crippen LogP contribution in [0.3, 0.4) is 0 Å². The van der Waals surface area contributed by atoms with Crippen molar-refractivity contribution in [3.8, 4) is 10.4 Å². The van der Waals surface area contributed by atoms with E-state index in [-0.39, 0.29) is 17.4 Å². The fourth-order valence-electron chi connectivity index (χ4n) is 1.95. The van der Waals surface area contributed by atoms with Crippen molar-refractivity contribution in [2.24, 2.45) is 5.41 Å². The number of thiophene rings is 1. The summed E-state index contributed by atoms with van der Waals surface area (Å²) in [6, 6.07) is 8.42. The Balaban J connectivity index is 2.21. The second kappa shape index (κ2) is 6.59. The van der Waals surface area contributed by atoms with E-state index in [1.165, 1.54) is 17.4 Å². The number of carbonyl (C=O) groups excluding carboxylic acids is 1. The topological polar surface area (TPSA) is 29.1 Å². The third kappa shape index (κ3) is 4.38. The molecule has 1 amide bonds. The highest BCUT2D eigenvalue weighted by Gasteiger charge is 2.30. The predicted octanol–water partition coefficient (Wildman–Crippen LogP) is 5.60. The Labute approximate surface area is 143 Å². The largest absolute Gasteiger partial charge is 0.416 e. The number of benzene rings is 1. The molecule has 1 atom stereocenters. The zero-order valence-electron chi connectivity index (χ0n) is 14.0. The van der Waals surface area contributed by atoms with Crippen molar-refractivity contribution in [3.63, 3.8) is 0 Å². The Bertz CT molecular complexity index is 728. The van der Waals surface area contributed by atoms with Crippen LogP contribution in [0.2, 0.25) is 0 Å². The smallest absolute Gasteiger partial charge is 0.348 e. The van der Waals surface area contributed by atoms with E-state index in [1.807, 2.05) is 27.7 Å². The fraction of sp³-hybridized carbons (Fsp3) is 0.389. The lowest BCUT2D eigenvalue weighted by atomic mass is 9.88. The van der Waals surface area contributed by atoms with Gasteiger partial charge in [0.25, 0.3) is 5.91 Å². The number of nitrogens with one attached hydrogen (secondary N) is 1. The van der Waals surface area contributed by atoms with Gasteiger partial charge in [-0.25, -0.2) is 0 Å². The molecule has 0 radical (unpaired) electrons. The van der Waals surface area contributed by atoms with E-state index in [0.29, 0.717) is 15.3 Å². The zero-order chi connectivity index (χ0) is 18.1. The van der Waals surface area contributed by atoms with Crippen LogP contribution in [-0.2, 0) is 6.18 Å². The number of amides is 1. The molecule has 0 saturated heterocycles. The van der Waals surface area contributed by atoms with Crippen LogP contribution >= 0.6 is 11.3 Å². The highest BCUT2D eigenvalue weighted by molar-refractivity contribution is 7.17. The van der Waals surface area contributed by atoms with Gasteiger partial charge in [-0.1, -0.05) is 32.9 Å². The standard InChI is InChI=1S/C18H20F3NOS/c1-11(17(2,3)4)22-16(23)15-9-8-14(24-15)12-6-5-7-13(10-12)18(19,20)21/h5-11H,1-4H3,(H,22,23)/t11-/m0/s1. The van der Waals surface area contributed by atoms with Gasteiger partial charge in [-0.2, -0.15) is 13.2 Å². The van der Waals surface area contributed by atoms with Crippen molar-refractivity contribution < 1.29 is 18.0 Å². The summed E-state index contributed by atoms with van der Waals surface area (Å²) in [5, 5.41) is 2.93. The van der Waals surface area contributed by atoms with Crippen molar-refractivity contribution in [1.82, 2.24) is 5.32 Å². The summed E-state index contributed by atoms with van der Waals surface area (Å²) in [5.74, 6) is -0.208. The lowest BCUT2D eigenvalue weighted by molar-refractivity contribution is -0.137. The normalized spacial score (nSPS) is 13.6. The molecular weight excluding hydrogens is 335 g/mol. The van der Waals surface area contributed by atoms with Gasteiger partial charge in [0.15, 0.2) is 0 Å². The lowest BCUT2D eigenvalue weighted by Crippen LogP contribution is -2.41. The summed E-state index contributed by atoms with van der Waals surface area (Å²) in [4.78, 5) is 13.4. The second-order valence-corrected chi connectivity index (χ2v) is 7.89. The molecule has 1 N–H and O–H groups in total. The fourth-order valence-corrected chi connectivity index (χ4v) is 2.85. The van der Waals surface area contributed by atoms with Crippen molar-refractivity contribution in [1.29, 1.82) is 0 Å². The van der Waals surface area contributed by atoms with Gasteiger partial charge in [-0.05, 0) is 42.2 Å². The van der Waals surface area contributed by atoms with Crippen molar-refractivity contribution in [3.05, 3.63) is 46.8 Å². The van der Waals surface area contributed by atoms with Crippen LogP contribution in [0.5, 0.6) is 0 Å². The molecule has 2 rings (SSSR count). The third-order valence-electron chi connectivity index (χ3n) is 3.95. The van der Waals surface area contributed by atoms with Crippen LogP contribution in [0.1, 0.15) is 42.9 Å². The first-order valence-corrected chi connectivity index (χ1v) is 8.38. The number of alkyl halides is 3. The summed E-state index contributed by atoms with van der Waals surface area (Å²) in [6.45, 7) is 8.01. The zero-order valence-corrected chi connectivity index (χ0v) is 14.8. The number of halogens is 3. The van der Waals surface area contributed by atoms with Gasteiger partial charge in [0, 0.05) is 10.9 Å². The molecule has 6 heteroatoms. The van der Waals surface area contributed by atoms with Gasteiger partial charge in [-0.3, -0.25) is 4.79 Å². The Morgan fingerprint density at radius 3 is 2.38 bits per heavy atom. The average molecular weight is 355 g/mol. The van der Waals surface area contributed by atoms with Crippen LogP contribution in [0.4, 0.5) is 13.2 Å². The molecule has 0 aliphatic heterocycles. The average Bonchev–Trinajstić information content (AvgIpc) is 2.95. The molecule has 1 aromatic heterocycles. The Morgan fingerprint density at radius 1 is 1.12 bits per heavy atom.